The van der Waals surface area contributed by atoms with Crippen LogP contribution in [0.5, 0.6) is 0 Å². The molecule has 1 aliphatic rings. The summed E-state index contributed by atoms with van der Waals surface area (Å²) in [5, 5.41) is 5.41. The molecule has 7 nitrogen and oxygen atoms in total. The summed E-state index contributed by atoms with van der Waals surface area (Å²) >= 11 is 12.1. The van der Waals surface area contributed by atoms with E-state index < -0.39 is 35.5 Å². The molecule has 2 N–H and O–H groups in total. The molecule has 11 heteroatoms. The molecule has 32 heavy (non-hydrogen) atoms. The van der Waals surface area contributed by atoms with Crippen molar-refractivity contribution in [3.05, 3.63) is 80.7 Å². The molecule has 0 aliphatic carbocycles. The van der Waals surface area contributed by atoms with Crippen LogP contribution in [-0.4, -0.2) is 27.7 Å². The Bertz CT molecular complexity index is 1260. The van der Waals surface area contributed by atoms with E-state index in [1.54, 1.807) is 0 Å². The minimum absolute atomic E-state index is 0.0147. The third-order valence-corrected chi connectivity index (χ3v) is 5.60. The van der Waals surface area contributed by atoms with Crippen LogP contribution in [0.3, 0.4) is 0 Å². The third-order valence-electron chi connectivity index (χ3n) is 5.03. The number of hydrogen-bond donors (Lipinski definition) is 2. The maximum atomic E-state index is 14.0. The van der Waals surface area contributed by atoms with E-state index in [1.165, 1.54) is 23.6 Å². The van der Waals surface area contributed by atoms with Crippen LogP contribution in [0, 0.1) is 11.6 Å². The van der Waals surface area contributed by atoms with Crippen molar-refractivity contribution in [1.82, 2.24) is 14.9 Å². The van der Waals surface area contributed by atoms with Gasteiger partial charge in [-0.3, -0.25) is 14.4 Å². The molecule has 2 heterocycles. The summed E-state index contributed by atoms with van der Waals surface area (Å²) in [6.45, 7) is 1.54. The average Bonchev–Trinajstić information content (AvgIpc) is 3.10. The average molecular weight is 479 g/mol. The number of halogens is 4. The van der Waals surface area contributed by atoms with Crippen molar-refractivity contribution in [3.63, 3.8) is 0 Å². The van der Waals surface area contributed by atoms with E-state index in [4.69, 9.17) is 23.2 Å². The molecule has 3 aromatic rings. The standard InChI is InChI=1S/C21H14Cl2F2N4O3/c1-9-20(31)27-17(14-7-12(24)2-3-15(14)23)18-19(26-16(8-30)29(9)18)28-21(32)10-4-11(22)6-13(25)5-10/h2-9,17H,1H3,(H,27,31)(H,28,32)/t9-,17-/m0/s1. The zero-order chi connectivity index (χ0) is 23.2. The lowest BCUT2D eigenvalue weighted by atomic mass is 9.99. The highest BCUT2D eigenvalue weighted by molar-refractivity contribution is 6.31. The van der Waals surface area contributed by atoms with Crippen molar-refractivity contribution in [1.29, 1.82) is 0 Å². The van der Waals surface area contributed by atoms with Crippen LogP contribution >= 0.6 is 23.2 Å². The predicted octanol–water partition coefficient (Wildman–Crippen LogP) is 4.31. The topological polar surface area (TPSA) is 93.1 Å². The van der Waals surface area contributed by atoms with Crippen LogP contribution in [0.1, 0.15) is 51.2 Å². The number of imidazole rings is 1. The van der Waals surface area contributed by atoms with Gasteiger partial charge in [0.05, 0.1) is 11.7 Å². The minimum atomic E-state index is -1.02. The molecule has 2 amide bonds. The van der Waals surface area contributed by atoms with Gasteiger partial charge < -0.3 is 15.2 Å². The van der Waals surface area contributed by atoms with Gasteiger partial charge in [0, 0.05) is 21.2 Å². The van der Waals surface area contributed by atoms with Crippen molar-refractivity contribution < 1.29 is 23.2 Å². The van der Waals surface area contributed by atoms with Gasteiger partial charge in [0.25, 0.3) is 5.91 Å². The second-order valence-corrected chi connectivity index (χ2v) is 7.93. The second kappa shape index (κ2) is 8.33. The number of aldehydes is 1. The number of hydrogen-bond acceptors (Lipinski definition) is 4. The summed E-state index contributed by atoms with van der Waals surface area (Å²) < 4.78 is 29.0. The number of nitrogens with zero attached hydrogens (tertiary/aromatic N) is 2. The maximum absolute atomic E-state index is 14.0. The number of nitrogens with one attached hydrogen (secondary N) is 2. The molecule has 1 aromatic heterocycles. The lowest BCUT2D eigenvalue weighted by Gasteiger charge is -2.31. The van der Waals surface area contributed by atoms with E-state index in [0.717, 1.165) is 24.3 Å². The summed E-state index contributed by atoms with van der Waals surface area (Å²) in [6.07, 6.45) is 0.428. The smallest absolute Gasteiger partial charge is 0.257 e. The van der Waals surface area contributed by atoms with Crippen LogP contribution in [0.4, 0.5) is 14.6 Å². The molecule has 164 valence electrons. The molecule has 0 radical (unpaired) electrons. The minimum Gasteiger partial charge on any atom is -0.342 e. The number of aromatic nitrogens is 2. The number of fused-ring (bicyclic) bond motifs is 1. The summed E-state index contributed by atoms with van der Waals surface area (Å²) in [7, 11) is 0. The van der Waals surface area contributed by atoms with E-state index in [1.807, 2.05) is 0 Å². The van der Waals surface area contributed by atoms with Crippen LogP contribution < -0.4 is 10.6 Å². The zero-order valence-electron chi connectivity index (χ0n) is 16.3. The largest absolute Gasteiger partial charge is 0.342 e. The monoisotopic (exact) mass is 478 g/mol. The Balaban J connectivity index is 1.86. The van der Waals surface area contributed by atoms with E-state index in [0.29, 0.717) is 6.29 Å². The van der Waals surface area contributed by atoms with Gasteiger partial charge in [-0.05, 0) is 43.3 Å². The molecule has 0 bridgehead atoms. The number of carbonyl (C=O) groups is 3. The van der Waals surface area contributed by atoms with Gasteiger partial charge in [-0.15, -0.1) is 0 Å². The Morgan fingerprint density at radius 3 is 2.62 bits per heavy atom. The fourth-order valence-corrected chi connectivity index (χ4v) is 4.04. The van der Waals surface area contributed by atoms with Gasteiger partial charge in [-0.1, -0.05) is 23.2 Å². The lowest BCUT2D eigenvalue weighted by molar-refractivity contribution is -0.125. The molecule has 2 aromatic carbocycles. The summed E-state index contributed by atoms with van der Waals surface area (Å²) in [4.78, 5) is 41.2. The molecule has 1 aliphatic heterocycles. The summed E-state index contributed by atoms with van der Waals surface area (Å²) in [5.74, 6) is -2.73. The SMILES string of the molecule is C[C@H]1C(=O)N[C@@H](c2cc(F)ccc2Cl)c2c(NC(=O)c3cc(F)cc(Cl)c3)nc(C=O)n21. The summed E-state index contributed by atoms with van der Waals surface area (Å²) in [6, 6.07) is 5.03. The molecule has 0 saturated carbocycles. The fraction of sp³-hybridized carbons (Fsp3) is 0.143. The normalized spacial score (nSPS) is 17.5. The number of benzene rings is 2. The van der Waals surface area contributed by atoms with Gasteiger partial charge in [0.15, 0.2) is 17.9 Å². The highest BCUT2D eigenvalue weighted by atomic mass is 35.5. The van der Waals surface area contributed by atoms with E-state index >= 15 is 0 Å². The summed E-state index contributed by atoms with van der Waals surface area (Å²) in [5.41, 5.74) is 0.329. The third kappa shape index (κ3) is 3.85. The first kappa shape index (κ1) is 21.9. The van der Waals surface area contributed by atoms with E-state index in [-0.39, 0.29) is 38.5 Å². The first-order valence-corrected chi connectivity index (χ1v) is 10.0. The van der Waals surface area contributed by atoms with Crippen LogP contribution in [0.15, 0.2) is 36.4 Å². The number of anilines is 1. The second-order valence-electron chi connectivity index (χ2n) is 7.09. The maximum Gasteiger partial charge on any atom is 0.257 e. The lowest BCUT2D eigenvalue weighted by Crippen LogP contribution is -2.42. The van der Waals surface area contributed by atoms with Gasteiger partial charge >= 0.3 is 0 Å². The first-order valence-electron chi connectivity index (χ1n) is 9.29. The fourth-order valence-electron chi connectivity index (χ4n) is 3.60. The Morgan fingerprint density at radius 2 is 1.94 bits per heavy atom. The molecule has 0 spiro atoms. The van der Waals surface area contributed by atoms with E-state index in [9.17, 15) is 23.2 Å². The number of rotatable bonds is 4. The predicted molar refractivity (Wildman–Crippen MR) is 113 cm³/mol. The highest BCUT2D eigenvalue weighted by Gasteiger charge is 2.38. The van der Waals surface area contributed by atoms with Gasteiger partial charge in [-0.25, -0.2) is 13.8 Å². The van der Waals surface area contributed by atoms with Crippen molar-refractivity contribution >= 4 is 47.1 Å². The Kier molecular flexibility index (Phi) is 5.70. The van der Waals surface area contributed by atoms with Crippen molar-refractivity contribution in [2.24, 2.45) is 0 Å². The van der Waals surface area contributed by atoms with Crippen molar-refractivity contribution in [3.8, 4) is 0 Å². The Morgan fingerprint density at radius 1 is 1.19 bits per heavy atom. The van der Waals surface area contributed by atoms with Crippen LogP contribution in [0.2, 0.25) is 10.0 Å². The van der Waals surface area contributed by atoms with Crippen LogP contribution in [-0.2, 0) is 4.79 Å². The molecular weight excluding hydrogens is 465 g/mol. The quantitative estimate of drug-likeness (QED) is 0.546. The van der Waals surface area contributed by atoms with Crippen LogP contribution in [0.25, 0.3) is 0 Å². The van der Waals surface area contributed by atoms with E-state index in [2.05, 4.69) is 15.6 Å². The van der Waals surface area contributed by atoms with Gasteiger partial charge in [-0.2, -0.15) is 0 Å². The van der Waals surface area contributed by atoms with Gasteiger partial charge in [0.1, 0.15) is 17.7 Å². The number of amides is 2. The number of carbonyl (C=O) groups excluding carboxylic acids is 3. The highest BCUT2D eigenvalue weighted by Crippen LogP contribution is 2.38. The molecular formula is C21H14Cl2F2N4O3. The molecule has 0 unspecified atom stereocenters. The Labute approximate surface area is 190 Å². The van der Waals surface area contributed by atoms with Crippen molar-refractivity contribution in [2.45, 2.75) is 19.0 Å². The first-order chi connectivity index (χ1) is 15.2. The Hall–Kier alpha value is -3.30. The van der Waals surface area contributed by atoms with Gasteiger partial charge in [0.2, 0.25) is 5.91 Å². The van der Waals surface area contributed by atoms with Crippen molar-refractivity contribution in [2.75, 3.05) is 5.32 Å². The molecule has 2 atom stereocenters. The molecule has 0 fully saturated rings. The zero-order valence-corrected chi connectivity index (χ0v) is 17.8. The molecule has 4 rings (SSSR count). The molecule has 0 saturated heterocycles.